The lowest BCUT2D eigenvalue weighted by atomic mass is 10.0. The summed E-state index contributed by atoms with van der Waals surface area (Å²) in [5, 5.41) is 4.68. The normalized spacial score (nSPS) is 15.8. The van der Waals surface area contributed by atoms with Crippen LogP contribution in [0.25, 0.3) is 5.69 Å². The predicted molar refractivity (Wildman–Crippen MR) is 74.9 cm³/mol. The third-order valence-electron chi connectivity index (χ3n) is 4.00. The summed E-state index contributed by atoms with van der Waals surface area (Å²) in [7, 11) is 0. The molecule has 1 aromatic heterocycles. The highest BCUT2D eigenvalue weighted by Gasteiger charge is 2.23. The van der Waals surface area contributed by atoms with Gasteiger partial charge in [0.25, 0.3) is 0 Å². The Morgan fingerprint density at radius 1 is 1.26 bits per heavy atom. The van der Waals surface area contributed by atoms with E-state index in [-0.39, 0.29) is 0 Å². The number of carbonyl (C=O) groups is 1. The number of hydrogen-bond acceptors (Lipinski definition) is 2. The van der Waals surface area contributed by atoms with E-state index < -0.39 is 0 Å². The first-order valence-electron chi connectivity index (χ1n) is 6.90. The predicted octanol–water partition coefficient (Wildman–Crippen LogP) is 3.65. The summed E-state index contributed by atoms with van der Waals surface area (Å²) in [5.74, 6) is 0.463. The van der Waals surface area contributed by atoms with Crippen LogP contribution in [-0.4, -0.2) is 16.1 Å². The van der Waals surface area contributed by atoms with Gasteiger partial charge in [-0.2, -0.15) is 5.10 Å². The number of carbonyl (C=O) groups excluding carboxylic acids is 1. The molecule has 0 spiro atoms. The number of aldehydes is 1. The Labute approximate surface area is 113 Å². The number of nitrogens with zero attached hydrogens (tertiary/aromatic N) is 2. The van der Waals surface area contributed by atoms with Gasteiger partial charge in [-0.25, -0.2) is 4.68 Å². The molecule has 0 amide bonds. The molecule has 1 saturated carbocycles. The molecule has 0 N–H and O–H groups in total. The van der Waals surface area contributed by atoms with Crippen LogP contribution in [0.15, 0.2) is 30.5 Å². The van der Waals surface area contributed by atoms with Crippen LogP contribution in [0.2, 0.25) is 0 Å². The molecule has 1 fully saturated rings. The summed E-state index contributed by atoms with van der Waals surface area (Å²) in [6.45, 7) is 2.06. The molecule has 0 saturated heterocycles. The average molecular weight is 254 g/mol. The molecular formula is C16H18N2O. The highest BCUT2D eigenvalue weighted by molar-refractivity contribution is 5.76. The fraction of sp³-hybridized carbons (Fsp3) is 0.375. The monoisotopic (exact) mass is 254 g/mol. The average Bonchev–Trinajstić information content (AvgIpc) is 3.08. The molecule has 19 heavy (non-hydrogen) atoms. The van der Waals surface area contributed by atoms with Crippen molar-refractivity contribution in [3.05, 3.63) is 47.3 Å². The molecule has 0 aliphatic heterocycles. The van der Waals surface area contributed by atoms with Crippen molar-refractivity contribution in [2.24, 2.45) is 0 Å². The summed E-state index contributed by atoms with van der Waals surface area (Å²) in [4.78, 5) is 11.3. The molecule has 0 unspecified atom stereocenters. The molecule has 1 aromatic carbocycles. The van der Waals surface area contributed by atoms with Crippen molar-refractivity contribution in [2.45, 2.75) is 38.5 Å². The smallest absolute Gasteiger partial charge is 0.153 e. The van der Waals surface area contributed by atoms with Crippen LogP contribution >= 0.6 is 0 Å². The van der Waals surface area contributed by atoms with Crippen LogP contribution in [0.4, 0.5) is 0 Å². The van der Waals surface area contributed by atoms with Gasteiger partial charge in [-0.15, -0.1) is 0 Å². The molecule has 1 heterocycles. The highest BCUT2D eigenvalue weighted by Crippen LogP contribution is 2.34. The standard InChI is InChI=1S/C16H18N2O/c1-12-6-2-5-9-15(12)18-10-14(11-19)16(17-18)13-7-3-4-8-13/h2,5-6,9-11,13H,3-4,7-8H2,1H3. The van der Waals surface area contributed by atoms with E-state index >= 15 is 0 Å². The van der Waals surface area contributed by atoms with Crippen LogP contribution in [0, 0.1) is 6.92 Å². The number of aromatic nitrogens is 2. The molecule has 3 rings (SSSR count). The number of aryl methyl sites for hydroxylation is 1. The Hall–Kier alpha value is -1.90. The molecular weight excluding hydrogens is 236 g/mol. The second-order valence-electron chi connectivity index (χ2n) is 5.30. The molecule has 0 bridgehead atoms. The largest absolute Gasteiger partial charge is 0.298 e. The molecule has 1 aliphatic carbocycles. The zero-order chi connectivity index (χ0) is 13.2. The zero-order valence-electron chi connectivity index (χ0n) is 11.2. The summed E-state index contributed by atoms with van der Waals surface area (Å²) in [5.41, 5.74) is 3.95. The number of benzene rings is 1. The summed E-state index contributed by atoms with van der Waals surface area (Å²) < 4.78 is 1.85. The fourth-order valence-electron chi connectivity index (χ4n) is 2.95. The maximum Gasteiger partial charge on any atom is 0.153 e. The first kappa shape index (κ1) is 12.2. The topological polar surface area (TPSA) is 34.9 Å². The highest BCUT2D eigenvalue weighted by atomic mass is 16.1. The van der Waals surface area contributed by atoms with E-state index in [0.717, 1.165) is 36.1 Å². The van der Waals surface area contributed by atoms with Gasteiger partial charge in [0.05, 0.1) is 16.9 Å². The van der Waals surface area contributed by atoms with Crippen LogP contribution < -0.4 is 0 Å². The maximum atomic E-state index is 11.3. The lowest BCUT2D eigenvalue weighted by molar-refractivity contribution is 0.112. The van der Waals surface area contributed by atoms with Gasteiger partial charge in [0.15, 0.2) is 6.29 Å². The third-order valence-corrected chi connectivity index (χ3v) is 4.00. The van der Waals surface area contributed by atoms with Crippen LogP contribution in [0.5, 0.6) is 0 Å². The Kier molecular flexibility index (Phi) is 3.20. The number of hydrogen-bond donors (Lipinski definition) is 0. The number of para-hydroxylation sites is 1. The van der Waals surface area contributed by atoms with Gasteiger partial charge in [0.2, 0.25) is 0 Å². The van der Waals surface area contributed by atoms with Gasteiger partial charge in [-0.1, -0.05) is 31.0 Å². The van der Waals surface area contributed by atoms with Crippen molar-refractivity contribution in [3.63, 3.8) is 0 Å². The summed E-state index contributed by atoms with van der Waals surface area (Å²) >= 11 is 0. The minimum atomic E-state index is 0.463. The van der Waals surface area contributed by atoms with Gasteiger partial charge in [-0.05, 0) is 31.4 Å². The lowest BCUT2D eigenvalue weighted by Crippen LogP contribution is -2.00. The summed E-state index contributed by atoms with van der Waals surface area (Å²) in [6.07, 6.45) is 7.62. The maximum absolute atomic E-state index is 11.3. The van der Waals surface area contributed by atoms with E-state index in [2.05, 4.69) is 18.1 Å². The molecule has 1 aliphatic rings. The minimum absolute atomic E-state index is 0.463. The SMILES string of the molecule is Cc1ccccc1-n1cc(C=O)c(C2CCCC2)n1. The first-order chi connectivity index (χ1) is 9.29. The molecule has 3 heteroatoms. The summed E-state index contributed by atoms with van der Waals surface area (Å²) in [6, 6.07) is 8.11. The van der Waals surface area contributed by atoms with E-state index in [1.54, 1.807) is 0 Å². The Morgan fingerprint density at radius 3 is 2.68 bits per heavy atom. The van der Waals surface area contributed by atoms with Crippen molar-refractivity contribution in [1.82, 2.24) is 9.78 Å². The van der Waals surface area contributed by atoms with Gasteiger partial charge in [0.1, 0.15) is 0 Å². The second kappa shape index (κ2) is 5.00. The van der Waals surface area contributed by atoms with E-state index in [9.17, 15) is 4.79 Å². The lowest BCUT2D eigenvalue weighted by Gasteiger charge is -2.07. The zero-order valence-corrected chi connectivity index (χ0v) is 11.2. The minimum Gasteiger partial charge on any atom is -0.298 e. The Balaban J connectivity index is 2.04. The van der Waals surface area contributed by atoms with Crippen LogP contribution in [0.1, 0.15) is 53.2 Å². The molecule has 98 valence electrons. The fourth-order valence-corrected chi connectivity index (χ4v) is 2.95. The van der Waals surface area contributed by atoms with Gasteiger partial charge < -0.3 is 0 Å². The molecule has 3 nitrogen and oxygen atoms in total. The van der Waals surface area contributed by atoms with Crippen LogP contribution in [0.3, 0.4) is 0 Å². The second-order valence-corrected chi connectivity index (χ2v) is 5.30. The van der Waals surface area contributed by atoms with Gasteiger partial charge in [-0.3, -0.25) is 4.79 Å². The quantitative estimate of drug-likeness (QED) is 0.784. The van der Waals surface area contributed by atoms with Crippen LogP contribution in [-0.2, 0) is 0 Å². The van der Waals surface area contributed by atoms with E-state index in [1.165, 1.54) is 18.4 Å². The van der Waals surface area contributed by atoms with E-state index in [1.807, 2.05) is 29.1 Å². The van der Waals surface area contributed by atoms with E-state index in [4.69, 9.17) is 0 Å². The molecule has 2 aromatic rings. The van der Waals surface area contributed by atoms with Gasteiger partial charge in [0, 0.05) is 12.1 Å². The first-order valence-corrected chi connectivity index (χ1v) is 6.90. The third kappa shape index (κ3) is 2.21. The van der Waals surface area contributed by atoms with Crippen molar-refractivity contribution in [2.75, 3.05) is 0 Å². The Morgan fingerprint density at radius 2 is 2.00 bits per heavy atom. The van der Waals surface area contributed by atoms with Crippen molar-refractivity contribution in [3.8, 4) is 5.69 Å². The Bertz CT molecular complexity index is 595. The molecule has 0 radical (unpaired) electrons. The number of rotatable bonds is 3. The van der Waals surface area contributed by atoms with Gasteiger partial charge >= 0.3 is 0 Å². The van der Waals surface area contributed by atoms with Crippen molar-refractivity contribution >= 4 is 6.29 Å². The molecule has 0 atom stereocenters. The van der Waals surface area contributed by atoms with E-state index in [0.29, 0.717) is 5.92 Å². The van der Waals surface area contributed by atoms with Crippen molar-refractivity contribution in [1.29, 1.82) is 0 Å². The van der Waals surface area contributed by atoms with Crippen molar-refractivity contribution < 1.29 is 4.79 Å².